The molecule has 0 bridgehead atoms. The lowest BCUT2D eigenvalue weighted by atomic mass is 10.1. The Hall–Kier alpha value is -1.23. The van der Waals surface area contributed by atoms with Crippen LogP contribution < -0.4 is 5.73 Å². The zero-order chi connectivity index (χ0) is 10.4. The maximum Gasteiger partial charge on any atom is 0.0554 e. The summed E-state index contributed by atoms with van der Waals surface area (Å²) >= 11 is 2.34. The smallest absolute Gasteiger partial charge is 0.0554 e. The zero-order valence-electron chi connectivity index (χ0n) is 7.92. The number of aromatic amines is 1. The van der Waals surface area contributed by atoms with Gasteiger partial charge in [-0.15, -0.1) is 0 Å². The lowest BCUT2D eigenvalue weighted by Crippen LogP contribution is -1.88. The van der Waals surface area contributed by atoms with Crippen LogP contribution in [0.25, 0.3) is 21.7 Å². The van der Waals surface area contributed by atoms with Crippen LogP contribution in [-0.4, -0.2) is 4.98 Å². The molecule has 0 unspecified atom stereocenters. The lowest BCUT2D eigenvalue weighted by molar-refractivity contribution is 1.49. The Balaban J connectivity index is 2.66. The van der Waals surface area contributed by atoms with E-state index in [0.717, 1.165) is 16.6 Å². The number of aromatic nitrogens is 1. The highest BCUT2D eigenvalue weighted by molar-refractivity contribution is 14.1. The predicted octanol–water partition coefficient (Wildman–Crippen LogP) is 3.51. The third kappa shape index (κ3) is 1.23. The van der Waals surface area contributed by atoms with Crippen molar-refractivity contribution in [2.45, 2.75) is 0 Å². The van der Waals surface area contributed by atoms with E-state index in [1.54, 1.807) is 0 Å². The van der Waals surface area contributed by atoms with Gasteiger partial charge < -0.3 is 10.7 Å². The summed E-state index contributed by atoms with van der Waals surface area (Å²) in [5.74, 6) is 0. The normalized spacial score (nSPS) is 11.3. The van der Waals surface area contributed by atoms with Gasteiger partial charge in [0.15, 0.2) is 0 Å². The largest absolute Gasteiger partial charge is 0.398 e. The molecule has 0 saturated carbocycles. The molecule has 0 saturated heterocycles. The Labute approximate surface area is 101 Å². The molecule has 0 amide bonds. The first-order valence-corrected chi connectivity index (χ1v) is 5.79. The van der Waals surface area contributed by atoms with Gasteiger partial charge in [0.05, 0.1) is 5.52 Å². The first-order valence-electron chi connectivity index (χ1n) is 4.71. The van der Waals surface area contributed by atoms with Gasteiger partial charge >= 0.3 is 0 Å². The van der Waals surface area contributed by atoms with Crippen LogP contribution in [0.3, 0.4) is 0 Å². The summed E-state index contributed by atoms with van der Waals surface area (Å²) in [7, 11) is 0. The molecule has 2 nitrogen and oxygen atoms in total. The molecule has 0 spiro atoms. The number of hydrogen-bond donors (Lipinski definition) is 2. The standard InChI is InChI=1S/C12H9IN2/c13-10-3-1-2-7-9(10)6-11(14)8-4-5-15-12(7)8/h1-6,15H,14H2. The van der Waals surface area contributed by atoms with Gasteiger partial charge in [-0.2, -0.15) is 0 Å². The number of fused-ring (bicyclic) bond motifs is 3. The summed E-state index contributed by atoms with van der Waals surface area (Å²) in [5.41, 5.74) is 7.98. The molecule has 3 rings (SSSR count). The number of benzene rings is 2. The van der Waals surface area contributed by atoms with Crippen molar-refractivity contribution in [2.24, 2.45) is 0 Å². The fourth-order valence-corrected chi connectivity index (χ4v) is 2.62. The summed E-state index contributed by atoms with van der Waals surface area (Å²) in [6.07, 6.45) is 1.93. The molecule has 15 heavy (non-hydrogen) atoms. The van der Waals surface area contributed by atoms with Crippen molar-refractivity contribution in [1.29, 1.82) is 0 Å². The van der Waals surface area contributed by atoms with Gasteiger partial charge in [0.25, 0.3) is 0 Å². The molecule has 3 heteroatoms. The molecular formula is C12H9IN2. The topological polar surface area (TPSA) is 41.8 Å². The number of halogens is 1. The van der Waals surface area contributed by atoms with Crippen LogP contribution in [0.4, 0.5) is 5.69 Å². The van der Waals surface area contributed by atoms with Crippen molar-refractivity contribution < 1.29 is 0 Å². The molecule has 0 aliphatic carbocycles. The van der Waals surface area contributed by atoms with Gasteiger partial charge in [0, 0.05) is 26.2 Å². The minimum Gasteiger partial charge on any atom is -0.398 e. The minimum absolute atomic E-state index is 0.836. The van der Waals surface area contributed by atoms with E-state index < -0.39 is 0 Å². The van der Waals surface area contributed by atoms with Crippen molar-refractivity contribution in [3.63, 3.8) is 0 Å². The molecule has 0 aliphatic rings. The van der Waals surface area contributed by atoms with Crippen molar-refractivity contribution in [3.05, 3.63) is 40.1 Å². The molecule has 1 aromatic heterocycles. The molecule has 0 radical (unpaired) electrons. The lowest BCUT2D eigenvalue weighted by Gasteiger charge is -2.04. The van der Waals surface area contributed by atoms with E-state index in [0.29, 0.717) is 0 Å². The van der Waals surface area contributed by atoms with Crippen molar-refractivity contribution >= 4 is 50.0 Å². The monoisotopic (exact) mass is 308 g/mol. The highest BCUT2D eigenvalue weighted by Gasteiger charge is 2.06. The van der Waals surface area contributed by atoms with Crippen LogP contribution in [0, 0.1) is 3.57 Å². The van der Waals surface area contributed by atoms with Gasteiger partial charge in [-0.25, -0.2) is 0 Å². The van der Waals surface area contributed by atoms with Gasteiger partial charge in [-0.1, -0.05) is 12.1 Å². The summed E-state index contributed by atoms with van der Waals surface area (Å²) in [5, 5.41) is 3.55. The Morgan fingerprint density at radius 3 is 2.80 bits per heavy atom. The molecule has 0 aliphatic heterocycles. The van der Waals surface area contributed by atoms with E-state index in [-0.39, 0.29) is 0 Å². The second-order valence-corrected chi connectivity index (χ2v) is 4.73. The summed E-state index contributed by atoms with van der Waals surface area (Å²) < 4.78 is 1.23. The molecule has 74 valence electrons. The van der Waals surface area contributed by atoms with Crippen LogP contribution in [0.15, 0.2) is 36.5 Å². The Morgan fingerprint density at radius 2 is 1.93 bits per heavy atom. The second-order valence-electron chi connectivity index (χ2n) is 3.57. The first kappa shape index (κ1) is 9.03. The molecule has 2 aromatic carbocycles. The number of anilines is 1. The highest BCUT2D eigenvalue weighted by atomic mass is 127. The fourth-order valence-electron chi connectivity index (χ4n) is 1.97. The van der Waals surface area contributed by atoms with Crippen molar-refractivity contribution in [3.8, 4) is 0 Å². The van der Waals surface area contributed by atoms with E-state index >= 15 is 0 Å². The summed E-state index contributed by atoms with van der Waals surface area (Å²) in [6.45, 7) is 0. The van der Waals surface area contributed by atoms with Crippen LogP contribution >= 0.6 is 22.6 Å². The third-order valence-electron chi connectivity index (χ3n) is 2.68. The fraction of sp³-hybridized carbons (Fsp3) is 0. The van der Waals surface area contributed by atoms with Crippen LogP contribution in [0.5, 0.6) is 0 Å². The Bertz CT molecular complexity index is 655. The number of hydrogen-bond acceptors (Lipinski definition) is 1. The summed E-state index contributed by atoms with van der Waals surface area (Å²) in [4.78, 5) is 3.25. The van der Waals surface area contributed by atoms with Crippen LogP contribution in [0.1, 0.15) is 0 Å². The SMILES string of the molecule is Nc1cc2c(I)cccc2c2[nH]ccc12. The molecule has 1 heterocycles. The minimum atomic E-state index is 0.836. The number of H-pyrrole nitrogens is 1. The summed E-state index contributed by atoms with van der Waals surface area (Å²) in [6, 6.07) is 10.4. The zero-order valence-corrected chi connectivity index (χ0v) is 10.1. The Kier molecular flexibility index (Phi) is 1.88. The highest BCUT2D eigenvalue weighted by Crippen LogP contribution is 2.31. The van der Waals surface area contributed by atoms with E-state index in [1.165, 1.54) is 14.3 Å². The quantitative estimate of drug-likeness (QED) is 0.484. The van der Waals surface area contributed by atoms with Gasteiger partial charge in [0.1, 0.15) is 0 Å². The van der Waals surface area contributed by atoms with Gasteiger partial charge in [-0.3, -0.25) is 0 Å². The number of nitrogens with two attached hydrogens (primary N) is 1. The number of rotatable bonds is 0. The first-order chi connectivity index (χ1) is 7.27. The third-order valence-corrected chi connectivity index (χ3v) is 3.62. The average Bonchev–Trinajstić information content (AvgIpc) is 2.69. The number of nitrogen functional groups attached to an aromatic ring is 1. The maximum absolute atomic E-state index is 6.01. The van der Waals surface area contributed by atoms with Crippen molar-refractivity contribution in [2.75, 3.05) is 5.73 Å². The van der Waals surface area contributed by atoms with Crippen LogP contribution in [0.2, 0.25) is 0 Å². The van der Waals surface area contributed by atoms with E-state index in [9.17, 15) is 0 Å². The van der Waals surface area contributed by atoms with E-state index in [1.807, 2.05) is 18.3 Å². The molecule has 0 atom stereocenters. The molecular weight excluding hydrogens is 299 g/mol. The molecule has 3 aromatic rings. The van der Waals surface area contributed by atoms with E-state index in [4.69, 9.17) is 5.73 Å². The average molecular weight is 308 g/mol. The second kappa shape index (κ2) is 3.13. The van der Waals surface area contributed by atoms with Crippen molar-refractivity contribution in [1.82, 2.24) is 4.98 Å². The Morgan fingerprint density at radius 1 is 1.07 bits per heavy atom. The molecule has 0 fully saturated rings. The number of nitrogens with one attached hydrogen (secondary N) is 1. The predicted molar refractivity (Wildman–Crippen MR) is 72.9 cm³/mol. The van der Waals surface area contributed by atoms with Gasteiger partial charge in [-0.05, 0) is 46.2 Å². The van der Waals surface area contributed by atoms with Crippen LogP contribution in [-0.2, 0) is 0 Å². The maximum atomic E-state index is 6.01. The van der Waals surface area contributed by atoms with E-state index in [2.05, 4.69) is 45.8 Å². The van der Waals surface area contributed by atoms with Gasteiger partial charge in [0.2, 0.25) is 0 Å². The molecule has 3 N–H and O–H groups in total.